The number of ketones is 5. The van der Waals surface area contributed by atoms with Crippen molar-refractivity contribution in [3.63, 3.8) is 0 Å². The molecule has 10 saturated heterocycles. The molecule has 15 fully saturated rings. The SMILES string of the molecule is CC(=O)CC1[C@H]2CN(c3nc(N4CC(F)(F)C4C)nc4c3CCC4(F)F)C[C@@H]12.CC(=O)CC1[C@H]2CN(c3nc(N4CC(F)(F)C4C)nc4c3CCCC4(F)F)C[C@@H]12.CC(=O)CC1[C@H]2CN(c3nc(N4CC(F)(F)[C@@H]4C)nc4c3CCC4(F)F)C[C@@H]12.CC(=O)CC1[C@H]2CN(c3nc(N4CC(F)(F)[C@@H]4C)nc4c3CCCC4(F)F)C[C@@H]12.CC(=O)CC1[C@H]2CN(c3nc(N4CC(F)(F)[C@H]4C)nc4c3CCCC4(F)F)C[C@@H]12. The molecule has 45 heteroatoms. The third kappa shape index (κ3) is 17.5. The molecule has 7 unspecified atom stereocenters. The summed E-state index contributed by atoms with van der Waals surface area (Å²) in [6.45, 7) is 18.7. The molecule has 778 valence electrons. The molecular formula is C98H116F20N20O5. The number of carbonyl (C=O) groups excluding carboxylic acids is 5. The molecule has 0 radical (unpaired) electrons. The zero-order chi connectivity index (χ0) is 102. The number of hydrogen-bond acceptors (Lipinski definition) is 25. The van der Waals surface area contributed by atoms with Crippen LogP contribution in [-0.2, 0) is 85.7 Å². The summed E-state index contributed by atoms with van der Waals surface area (Å²) in [7, 11) is 0. The molecule has 5 saturated carbocycles. The van der Waals surface area contributed by atoms with Gasteiger partial charge in [-0.2, -0.15) is 68.8 Å². The Morgan fingerprint density at radius 2 is 0.392 bits per heavy atom. The molecule has 20 atom stereocenters. The van der Waals surface area contributed by atoms with E-state index in [0.29, 0.717) is 282 Å². The largest absolute Gasteiger partial charge is 0.356 e. The Bertz CT molecular complexity index is 5450. The van der Waals surface area contributed by atoms with Crippen molar-refractivity contribution >= 4 is 87.7 Å². The molecule has 15 heterocycles. The van der Waals surface area contributed by atoms with Gasteiger partial charge in [0.15, 0.2) is 0 Å². The van der Waals surface area contributed by atoms with Crippen molar-refractivity contribution in [1.29, 1.82) is 0 Å². The predicted molar refractivity (Wildman–Crippen MR) is 484 cm³/mol. The van der Waals surface area contributed by atoms with Crippen LogP contribution in [0.4, 0.5) is 147 Å². The number of halogens is 20. The minimum absolute atomic E-state index is 0.0281. The van der Waals surface area contributed by atoms with Gasteiger partial charge in [-0.05, 0) is 209 Å². The summed E-state index contributed by atoms with van der Waals surface area (Å²) in [4.78, 5) is 116. The topological polar surface area (TPSA) is 247 Å². The lowest BCUT2D eigenvalue weighted by Crippen LogP contribution is -2.64. The van der Waals surface area contributed by atoms with Crippen molar-refractivity contribution in [2.24, 2.45) is 88.8 Å². The Morgan fingerprint density at radius 1 is 0.238 bits per heavy atom. The highest BCUT2D eigenvalue weighted by Crippen LogP contribution is 2.63. The van der Waals surface area contributed by atoms with Gasteiger partial charge in [-0.25, -0.2) is 68.8 Å². The molecule has 0 N–H and O–H groups in total. The van der Waals surface area contributed by atoms with Crippen LogP contribution >= 0.6 is 0 Å². The third-order valence-corrected chi connectivity index (χ3v) is 35.3. The van der Waals surface area contributed by atoms with E-state index in [-0.39, 0.29) is 132 Å². The number of anilines is 10. The van der Waals surface area contributed by atoms with Crippen LogP contribution < -0.4 is 49.0 Å². The molecule has 10 aliphatic heterocycles. The molecule has 0 bridgehead atoms. The monoisotopic (exact) mass is 2030 g/mol. The molecule has 5 aromatic rings. The first-order chi connectivity index (χ1) is 66.9. The lowest BCUT2D eigenvalue weighted by Gasteiger charge is -2.46. The van der Waals surface area contributed by atoms with Crippen molar-refractivity contribution in [2.45, 2.75) is 274 Å². The molecule has 5 aromatic heterocycles. The highest BCUT2D eigenvalue weighted by molar-refractivity contribution is 5.79. The number of rotatable bonds is 20. The van der Waals surface area contributed by atoms with Crippen LogP contribution in [-0.4, -0.2) is 237 Å². The standard InChI is InChI=1S/3C20H24F4N4O.2C19H22F4N4O/c3*1-10(29)6-13-14-7-27(8-15(13)14)17-12-4-3-5-19(21,22)16(12)25-18(26-17)28-9-20(23,24)11(28)2;2*1-9(28)5-12-13-6-26(7-14(12)13)16-11-3-4-18(20,21)15(11)24-17(25-16)27-8-19(22,23)10(27)2/h3*11,13-15H,3-9H2,1-2H3;2*10,12-14H,3-8H2,1-2H3/t11?,13?,14-,15+;2*11-,13?,14-,15+;10?,12?,13-,14+;10-,12?,13-,14+/m.10.0/s1. The highest BCUT2D eigenvalue weighted by Gasteiger charge is 2.66. The Labute approximate surface area is 812 Å². The maximum absolute atomic E-state index is 14.7. The molecule has 0 spiro atoms. The third-order valence-electron chi connectivity index (χ3n) is 35.3. The van der Waals surface area contributed by atoms with Crippen molar-refractivity contribution in [1.82, 2.24) is 49.8 Å². The fourth-order valence-corrected chi connectivity index (χ4v) is 26.1. The predicted octanol–water partition coefficient (Wildman–Crippen LogP) is 16.3. The lowest BCUT2D eigenvalue weighted by molar-refractivity contribution is -0.118. The molecule has 143 heavy (non-hydrogen) atoms. The molecule has 20 aliphatic rings. The van der Waals surface area contributed by atoms with Gasteiger partial charge in [0, 0.05) is 157 Å². The Hall–Kier alpha value is -9.65. The van der Waals surface area contributed by atoms with Gasteiger partial charge in [-0.1, -0.05) is 0 Å². The number of carbonyl (C=O) groups is 5. The van der Waals surface area contributed by atoms with Crippen LogP contribution in [0.3, 0.4) is 0 Å². The van der Waals surface area contributed by atoms with Gasteiger partial charge in [0.25, 0.3) is 59.2 Å². The first-order valence-corrected chi connectivity index (χ1v) is 50.3. The number of nitrogens with zero attached hydrogens (tertiary/aromatic N) is 20. The minimum atomic E-state index is -3.07. The summed E-state index contributed by atoms with van der Waals surface area (Å²) in [6.07, 6.45) is 4.14. The van der Waals surface area contributed by atoms with E-state index in [9.17, 15) is 112 Å². The molecule has 25 rings (SSSR count). The van der Waals surface area contributed by atoms with E-state index < -0.39 is 122 Å². The van der Waals surface area contributed by atoms with Gasteiger partial charge in [-0.15, -0.1) is 0 Å². The van der Waals surface area contributed by atoms with E-state index in [2.05, 4.69) is 49.8 Å². The van der Waals surface area contributed by atoms with Crippen LogP contribution in [0, 0.1) is 88.8 Å². The Balaban J connectivity index is 0.000000106. The number of aromatic nitrogens is 10. The average Bonchev–Trinajstić information content (AvgIpc) is 1.62. The van der Waals surface area contributed by atoms with Gasteiger partial charge in [-0.3, -0.25) is 0 Å². The lowest BCUT2D eigenvalue weighted by atomic mass is 9.92. The molecule has 0 amide bonds. The van der Waals surface area contributed by atoms with Crippen LogP contribution in [0.1, 0.15) is 209 Å². The fourth-order valence-electron chi connectivity index (χ4n) is 26.1. The summed E-state index contributed by atoms with van der Waals surface area (Å²) in [5.74, 6) is -20.9. The summed E-state index contributed by atoms with van der Waals surface area (Å²) in [5.41, 5.74) is 0.729. The maximum atomic E-state index is 14.7. The second kappa shape index (κ2) is 34.2. The fraction of sp³-hybridized carbons (Fsp3) is 0.745. The van der Waals surface area contributed by atoms with Gasteiger partial charge in [0.2, 0.25) is 29.7 Å². The van der Waals surface area contributed by atoms with Gasteiger partial charge in [0.05, 0.1) is 62.9 Å². The molecular weight excluding hydrogens is 1920 g/mol. The first kappa shape index (κ1) is 99.3. The normalized spacial score (nSPS) is 33.9. The molecule has 0 aromatic carbocycles. The molecule has 25 nitrogen and oxygen atoms in total. The average molecular weight is 2030 g/mol. The zero-order valence-corrected chi connectivity index (χ0v) is 80.9. The van der Waals surface area contributed by atoms with Gasteiger partial charge in [0.1, 0.15) is 86.5 Å². The van der Waals surface area contributed by atoms with E-state index in [1.165, 1.54) is 59.1 Å². The highest BCUT2D eigenvalue weighted by atomic mass is 19.3. The van der Waals surface area contributed by atoms with Crippen LogP contribution in [0.2, 0.25) is 0 Å². The second-order valence-corrected chi connectivity index (χ2v) is 44.8. The van der Waals surface area contributed by atoms with E-state index in [1.54, 1.807) is 34.6 Å². The van der Waals surface area contributed by atoms with Gasteiger partial charge < -0.3 is 73.0 Å². The van der Waals surface area contributed by atoms with Crippen LogP contribution in [0.5, 0.6) is 0 Å². The Morgan fingerprint density at radius 3 is 0.538 bits per heavy atom. The molecule has 10 aliphatic carbocycles. The van der Waals surface area contributed by atoms with E-state index >= 15 is 0 Å². The van der Waals surface area contributed by atoms with Crippen LogP contribution in [0.25, 0.3) is 0 Å². The summed E-state index contributed by atoms with van der Waals surface area (Å²) in [5, 5.41) is 0. The van der Waals surface area contributed by atoms with Crippen molar-refractivity contribution < 1.29 is 112 Å². The van der Waals surface area contributed by atoms with Crippen LogP contribution in [0.15, 0.2) is 0 Å². The second-order valence-electron chi connectivity index (χ2n) is 44.8. The Kier molecular flexibility index (Phi) is 23.8. The number of piperidine rings is 5. The van der Waals surface area contributed by atoms with E-state index in [0.717, 1.165) is 0 Å². The number of Topliss-reactive ketones (excluding diaryl/α,β-unsaturated/α-hetero) is 5. The van der Waals surface area contributed by atoms with Gasteiger partial charge >= 0.3 is 0 Å². The smallest absolute Gasteiger partial charge is 0.290 e. The first-order valence-electron chi connectivity index (χ1n) is 50.3. The van der Waals surface area contributed by atoms with Crippen molar-refractivity contribution in [2.75, 3.05) is 147 Å². The quantitative estimate of drug-likeness (QED) is 0.0657. The number of alkyl halides is 20. The number of fused-ring (bicyclic) bond motifs is 10. The summed E-state index contributed by atoms with van der Waals surface area (Å²) < 4.78 is 282. The minimum Gasteiger partial charge on any atom is -0.356 e. The zero-order valence-electron chi connectivity index (χ0n) is 80.9. The van der Waals surface area contributed by atoms with Crippen molar-refractivity contribution in [3.05, 3.63) is 56.3 Å². The summed E-state index contributed by atoms with van der Waals surface area (Å²) in [6, 6.07) is -5.56. The van der Waals surface area contributed by atoms with E-state index in [1.807, 2.05) is 24.5 Å². The maximum Gasteiger partial charge on any atom is 0.290 e. The number of hydrogen-bond donors (Lipinski definition) is 0. The van der Waals surface area contributed by atoms with E-state index in [4.69, 9.17) is 0 Å². The summed E-state index contributed by atoms with van der Waals surface area (Å²) >= 11 is 0. The van der Waals surface area contributed by atoms with Crippen molar-refractivity contribution in [3.8, 4) is 0 Å².